The van der Waals surface area contributed by atoms with Crippen LogP contribution in [-0.4, -0.2) is 20.6 Å². The number of fused-ring (bicyclic) bond motifs is 1. The molecular formula is C17H16ClNO3S. The van der Waals surface area contributed by atoms with E-state index in [1.165, 1.54) is 6.26 Å². The average molecular weight is 350 g/mol. The maximum Gasteiger partial charge on any atom is 0.235 e. The number of rotatable bonds is 3. The fourth-order valence-electron chi connectivity index (χ4n) is 2.90. The number of hydrogen-bond donors (Lipinski definition) is 1. The van der Waals surface area contributed by atoms with Crippen molar-refractivity contribution >= 4 is 33.0 Å². The lowest BCUT2D eigenvalue weighted by Gasteiger charge is -2.22. The van der Waals surface area contributed by atoms with E-state index >= 15 is 0 Å². The van der Waals surface area contributed by atoms with Crippen LogP contribution in [0.2, 0.25) is 5.02 Å². The molecule has 1 aliphatic rings. The smallest absolute Gasteiger partial charge is 0.235 e. The maximum absolute atomic E-state index is 12.4. The van der Waals surface area contributed by atoms with Crippen molar-refractivity contribution in [1.82, 2.24) is 0 Å². The number of sulfone groups is 1. The summed E-state index contributed by atoms with van der Waals surface area (Å²) in [5.41, 5.74) is 1.80. The van der Waals surface area contributed by atoms with Gasteiger partial charge in [0.05, 0.1) is 10.3 Å². The van der Waals surface area contributed by atoms with Gasteiger partial charge in [-0.2, -0.15) is 0 Å². The summed E-state index contributed by atoms with van der Waals surface area (Å²) in [6.07, 6.45) is 1.64. The monoisotopic (exact) mass is 349 g/mol. The third kappa shape index (κ3) is 2.86. The van der Waals surface area contributed by atoms with Crippen LogP contribution in [0.1, 0.15) is 18.1 Å². The Morgan fingerprint density at radius 2 is 1.78 bits per heavy atom. The Morgan fingerprint density at radius 1 is 1.13 bits per heavy atom. The Labute approximate surface area is 140 Å². The zero-order valence-electron chi connectivity index (χ0n) is 12.8. The molecule has 0 saturated heterocycles. The average Bonchev–Trinajstić information content (AvgIpc) is 2.71. The third-order valence-corrected chi connectivity index (χ3v) is 5.60. The molecule has 0 aromatic heterocycles. The predicted molar refractivity (Wildman–Crippen MR) is 90.7 cm³/mol. The number of anilines is 1. The molecule has 6 heteroatoms. The molecule has 0 saturated carbocycles. The van der Waals surface area contributed by atoms with E-state index in [0.717, 1.165) is 16.8 Å². The predicted octanol–water partition coefficient (Wildman–Crippen LogP) is 3.20. The number of carbonyl (C=O) groups excluding carboxylic acids is 1. The minimum atomic E-state index is -3.22. The summed E-state index contributed by atoms with van der Waals surface area (Å²) in [5.74, 6) is -0.0815. The zero-order chi connectivity index (χ0) is 16.8. The first-order valence-corrected chi connectivity index (χ1v) is 9.37. The van der Waals surface area contributed by atoms with Crippen molar-refractivity contribution in [2.24, 2.45) is 0 Å². The molecule has 1 aliphatic heterocycles. The first-order chi connectivity index (χ1) is 10.7. The molecule has 0 spiro atoms. The van der Waals surface area contributed by atoms with Gasteiger partial charge in [-0.25, -0.2) is 8.42 Å². The molecule has 3 rings (SSSR count). The molecule has 120 valence electrons. The van der Waals surface area contributed by atoms with Gasteiger partial charge < -0.3 is 5.32 Å². The molecule has 2 aromatic rings. The first-order valence-electron chi connectivity index (χ1n) is 7.11. The Bertz CT molecular complexity index is 891. The number of nitrogens with one attached hydrogen (secondary N) is 1. The minimum absolute atomic E-state index is 0.0815. The van der Waals surface area contributed by atoms with Crippen molar-refractivity contribution in [1.29, 1.82) is 0 Å². The molecule has 0 radical (unpaired) electrons. The van der Waals surface area contributed by atoms with Crippen molar-refractivity contribution < 1.29 is 13.2 Å². The first kappa shape index (κ1) is 16.0. The van der Waals surface area contributed by atoms with Gasteiger partial charge in [0.25, 0.3) is 0 Å². The third-order valence-electron chi connectivity index (χ3n) is 4.23. The Balaban J connectivity index is 1.96. The number of carbonyl (C=O) groups is 1. The molecule has 4 nitrogen and oxygen atoms in total. The summed E-state index contributed by atoms with van der Waals surface area (Å²) in [4.78, 5) is 12.7. The van der Waals surface area contributed by atoms with Crippen molar-refractivity contribution in [3.63, 3.8) is 0 Å². The van der Waals surface area contributed by atoms with Gasteiger partial charge in [0, 0.05) is 17.0 Å². The second-order valence-electron chi connectivity index (χ2n) is 6.07. The topological polar surface area (TPSA) is 63.2 Å². The van der Waals surface area contributed by atoms with E-state index in [4.69, 9.17) is 11.6 Å². The van der Waals surface area contributed by atoms with E-state index < -0.39 is 15.3 Å². The summed E-state index contributed by atoms with van der Waals surface area (Å²) < 4.78 is 23.1. The van der Waals surface area contributed by atoms with Crippen LogP contribution >= 0.6 is 11.6 Å². The van der Waals surface area contributed by atoms with Gasteiger partial charge in [-0.15, -0.1) is 0 Å². The van der Waals surface area contributed by atoms with Crippen LogP contribution in [-0.2, 0) is 26.5 Å². The molecule has 0 fully saturated rings. The van der Waals surface area contributed by atoms with E-state index in [1.54, 1.807) is 42.5 Å². The maximum atomic E-state index is 12.4. The van der Waals surface area contributed by atoms with Gasteiger partial charge in [0.2, 0.25) is 5.91 Å². The second kappa shape index (κ2) is 5.35. The lowest BCUT2D eigenvalue weighted by Crippen LogP contribution is -2.33. The van der Waals surface area contributed by atoms with Crippen LogP contribution < -0.4 is 5.32 Å². The second-order valence-corrected chi connectivity index (χ2v) is 8.52. The summed E-state index contributed by atoms with van der Waals surface area (Å²) >= 11 is 6.07. The van der Waals surface area contributed by atoms with Gasteiger partial charge in [0.1, 0.15) is 0 Å². The van der Waals surface area contributed by atoms with E-state index in [1.807, 2.05) is 6.92 Å². The van der Waals surface area contributed by atoms with Gasteiger partial charge >= 0.3 is 0 Å². The van der Waals surface area contributed by atoms with Crippen LogP contribution in [0.4, 0.5) is 5.69 Å². The Kier molecular flexibility index (Phi) is 3.73. The van der Waals surface area contributed by atoms with Crippen molar-refractivity contribution in [2.45, 2.75) is 23.7 Å². The highest BCUT2D eigenvalue weighted by Gasteiger charge is 2.42. The molecule has 1 unspecified atom stereocenters. The summed E-state index contributed by atoms with van der Waals surface area (Å²) in [6, 6.07) is 12.0. The SMILES string of the molecule is CC1(Cc2ccc(S(C)(=O)=O)cc2)C(=O)Nc2ccc(Cl)cc21. The van der Waals surface area contributed by atoms with Crippen LogP contribution in [0.15, 0.2) is 47.4 Å². The largest absolute Gasteiger partial charge is 0.325 e. The van der Waals surface area contributed by atoms with E-state index in [0.29, 0.717) is 11.4 Å². The molecule has 1 heterocycles. The van der Waals surface area contributed by atoms with Gasteiger partial charge in [0.15, 0.2) is 9.84 Å². The van der Waals surface area contributed by atoms with Crippen LogP contribution in [0.25, 0.3) is 0 Å². The number of halogens is 1. The molecular weight excluding hydrogens is 334 g/mol. The lowest BCUT2D eigenvalue weighted by molar-refractivity contribution is -0.120. The molecule has 1 N–H and O–H groups in total. The van der Waals surface area contributed by atoms with Crippen LogP contribution in [0.3, 0.4) is 0 Å². The van der Waals surface area contributed by atoms with Crippen molar-refractivity contribution in [2.75, 3.05) is 11.6 Å². The van der Waals surface area contributed by atoms with E-state index in [-0.39, 0.29) is 10.8 Å². The van der Waals surface area contributed by atoms with Crippen LogP contribution in [0.5, 0.6) is 0 Å². The van der Waals surface area contributed by atoms with Crippen molar-refractivity contribution in [3.8, 4) is 0 Å². The quantitative estimate of drug-likeness (QED) is 0.925. The minimum Gasteiger partial charge on any atom is -0.325 e. The normalized spacial score (nSPS) is 20.2. The van der Waals surface area contributed by atoms with E-state index in [9.17, 15) is 13.2 Å². The molecule has 1 atom stereocenters. The fraction of sp³-hybridized carbons (Fsp3) is 0.235. The summed E-state index contributed by atoms with van der Waals surface area (Å²) in [7, 11) is -3.22. The molecule has 2 aromatic carbocycles. The molecule has 23 heavy (non-hydrogen) atoms. The van der Waals surface area contributed by atoms with Crippen molar-refractivity contribution in [3.05, 3.63) is 58.6 Å². The summed E-state index contributed by atoms with van der Waals surface area (Å²) in [5, 5.41) is 3.46. The van der Waals surface area contributed by atoms with Gasteiger partial charge in [-0.3, -0.25) is 4.79 Å². The molecule has 0 bridgehead atoms. The Hall–Kier alpha value is -1.85. The highest BCUT2D eigenvalue weighted by Crippen LogP contribution is 2.41. The molecule has 0 aliphatic carbocycles. The standard InChI is InChI=1S/C17H16ClNO3S/c1-17(10-11-3-6-13(7-4-11)23(2,21)22)14-9-12(18)5-8-15(14)19-16(17)20/h3-9H,10H2,1-2H3,(H,19,20). The number of benzene rings is 2. The van der Waals surface area contributed by atoms with Crippen LogP contribution in [0, 0.1) is 0 Å². The number of hydrogen-bond acceptors (Lipinski definition) is 3. The lowest BCUT2D eigenvalue weighted by atomic mass is 9.78. The zero-order valence-corrected chi connectivity index (χ0v) is 14.3. The summed E-state index contributed by atoms with van der Waals surface area (Å²) in [6.45, 7) is 1.87. The van der Waals surface area contributed by atoms with Gasteiger partial charge in [-0.05, 0) is 54.8 Å². The van der Waals surface area contributed by atoms with Gasteiger partial charge in [-0.1, -0.05) is 23.7 Å². The van der Waals surface area contributed by atoms with E-state index in [2.05, 4.69) is 5.32 Å². The highest BCUT2D eigenvalue weighted by atomic mass is 35.5. The fourth-order valence-corrected chi connectivity index (χ4v) is 3.71. The molecule has 1 amide bonds. The Morgan fingerprint density at radius 3 is 2.39 bits per heavy atom. The number of amides is 1. The highest BCUT2D eigenvalue weighted by molar-refractivity contribution is 7.90.